The second-order valence-corrected chi connectivity index (χ2v) is 7.22. The normalized spacial score (nSPS) is 14.9. The van der Waals surface area contributed by atoms with E-state index < -0.39 is 5.82 Å². The van der Waals surface area contributed by atoms with E-state index in [0.29, 0.717) is 27.1 Å². The summed E-state index contributed by atoms with van der Waals surface area (Å²) in [5.74, 6) is 0.653. The lowest BCUT2D eigenvalue weighted by molar-refractivity contribution is 0.217. The Balaban J connectivity index is 1.86. The van der Waals surface area contributed by atoms with Crippen molar-refractivity contribution in [3.8, 4) is 11.5 Å². The predicted molar refractivity (Wildman–Crippen MR) is 110 cm³/mol. The highest BCUT2D eigenvalue weighted by Gasteiger charge is 2.22. The van der Waals surface area contributed by atoms with Crippen molar-refractivity contribution in [2.24, 2.45) is 0 Å². The van der Waals surface area contributed by atoms with E-state index in [2.05, 4.69) is 16.8 Å². The van der Waals surface area contributed by atoms with Gasteiger partial charge in [0.1, 0.15) is 17.4 Å². The molecule has 1 aliphatic rings. The maximum atomic E-state index is 14.1. The molecule has 0 saturated carbocycles. The topological polar surface area (TPSA) is 24.9 Å². The molecule has 3 rings (SSSR count). The van der Waals surface area contributed by atoms with Crippen LogP contribution in [0, 0.1) is 5.82 Å². The van der Waals surface area contributed by atoms with Gasteiger partial charge in [0, 0.05) is 31.7 Å². The summed E-state index contributed by atoms with van der Waals surface area (Å²) in [6.07, 6.45) is 0. The highest BCUT2D eigenvalue weighted by molar-refractivity contribution is 7.80. The molecule has 27 heavy (non-hydrogen) atoms. The number of methoxy groups -OCH3 is 1. The fraction of sp³-hybridized carbons (Fsp3) is 0.350. The minimum atomic E-state index is -0.402. The first-order chi connectivity index (χ1) is 13.0. The number of hydrogen-bond donors (Lipinski definition) is 0. The molecular weight excluding hydrogens is 387 g/mol. The molecule has 0 amide bonds. The van der Waals surface area contributed by atoms with Crippen LogP contribution >= 0.6 is 23.8 Å². The summed E-state index contributed by atoms with van der Waals surface area (Å²) in [6, 6.07) is 10.2. The standard InChI is InChI=1S/C20H22ClFN2O2S/c1-23-9-11-24(12-10-23)20(27)14-5-3-8-18(25-2)19(14)26-13-15-16(21)6-4-7-17(15)22/h3-8H,9-13H2,1-2H3. The lowest BCUT2D eigenvalue weighted by Gasteiger charge is -2.34. The Morgan fingerprint density at radius 2 is 1.85 bits per heavy atom. The molecule has 0 atom stereocenters. The first-order valence-electron chi connectivity index (χ1n) is 8.71. The number of halogens is 2. The number of nitrogens with zero attached hydrogens (tertiary/aromatic N) is 2. The Bertz CT molecular complexity index is 805. The van der Waals surface area contributed by atoms with E-state index in [-0.39, 0.29) is 6.61 Å². The summed E-state index contributed by atoms with van der Waals surface area (Å²) in [4.78, 5) is 5.13. The quantitative estimate of drug-likeness (QED) is 0.696. The van der Waals surface area contributed by atoms with Gasteiger partial charge in [-0.3, -0.25) is 0 Å². The van der Waals surface area contributed by atoms with Crippen LogP contribution in [0.15, 0.2) is 36.4 Å². The highest BCUT2D eigenvalue weighted by atomic mass is 35.5. The monoisotopic (exact) mass is 408 g/mol. The van der Waals surface area contributed by atoms with E-state index in [1.165, 1.54) is 6.07 Å². The van der Waals surface area contributed by atoms with Gasteiger partial charge in [-0.25, -0.2) is 4.39 Å². The molecule has 144 valence electrons. The summed E-state index contributed by atoms with van der Waals surface area (Å²) in [5, 5.41) is 0.327. The fourth-order valence-electron chi connectivity index (χ4n) is 2.99. The number of likely N-dealkylation sites (N-methyl/N-ethyl adjacent to an activating group) is 1. The summed E-state index contributed by atoms with van der Waals surface area (Å²) in [7, 11) is 3.67. The molecule has 1 aliphatic heterocycles. The molecule has 7 heteroatoms. The molecule has 0 unspecified atom stereocenters. The summed E-state index contributed by atoms with van der Waals surface area (Å²) < 4.78 is 25.5. The van der Waals surface area contributed by atoms with Crippen molar-refractivity contribution in [1.29, 1.82) is 0 Å². The van der Waals surface area contributed by atoms with Crippen LogP contribution in [0.3, 0.4) is 0 Å². The van der Waals surface area contributed by atoms with Gasteiger partial charge < -0.3 is 19.3 Å². The fourth-order valence-corrected chi connectivity index (χ4v) is 3.55. The van der Waals surface area contributed by atoms with Crippen molar-refractivity contribution >= 4 is 28.8 Å². The third kappa shape index (κ3) is 4.51. The molecule has 1 fully saturated rings. The Morgan fingerprint density at radius 3 is 2.52 bits per heavy atom. The van der Waals surface area contributed by atoms with Crippen molar-refractivity contribution in [3.63, 3.8) is 0 Å². The molecule has 0 radical (unpaired) electrons. The molecule has 0 spiro atoms. The maximum absolute atomic E-state index is 14.1. The summed E-state index contributed by atoms with van der Waals surface area (Å²) in [6.45, 7) is 3.59. The van der Waals surface area contributed by atoms with Crippen molar-refractivity contribution in [1.82, 2.24) is 9.80 Å². The summed E-state index contributed by atoms with van der Waals surface area (Å²) >= 11 is 11.8. The number of para-hydroxylation sites is 1. The van der Waals surface area contributed by atoms with Crippen molar-refractivity contribution in [3.05, 3.63) is 58.4 Å². The van der Waals surface area contributed by atoms with Gasteiger partial charge in [0.2, 0.25) is 0 Å². The maximum Gasteiger partial charge on any atom is 0.171 e. The number of rotatable bonds is 5. The lowest BCUT2D eigenvalue weighted by atomic mass is 10.1. The van der Waals surface area contributed by atoms with Crippen LogP contribution in [-0.4, -0.2) is 55.1 Å². The van der Waals surface area contributed by atoms with E-state index in [4.69, 9.17) is 33.3 Å². The van der Waals surface area contributed by atoms with Gasteiger partial charge in [0.15, 0.2) is 11.5 Å². The van der Waals surface area contributed by atoms with Gasteiger partial charge >= 0.3 is 0 Å². The van der Waals surface area contributed by atoms with Gasteiger partial charge in [-0.05, 0) is 31.3 Å². The van der Waals surface area contributed by atoms with Crippen LogP contribution in [0.1, 0.15) is 11.1 Å². The zero-order valence-corrected chi connectivity index (χ0v) is 16.9. The molecule has 1 saturated heterocycles. The lowest BCUT2D eigenvalue weighted by Crippen LogP contribution is -2.46. The predicted octanol–water partition coefficient (Wildman–Crippen LogP) is 3.99. The zero-order chi connectivity index (χ0) is 19.4. The molecule has 0 aliphatic carbocycles. The molecule has 2 aromatic carbocycles. The summed E-state index contributed by atoms with van der Waals surface area (Å²) in [5.41, 5.74) is 1.07. The molecule has 0 aromatic heterocycles. The second-order valence-electron chi connectivity index (χ2n) is 6.42. The van der Waals surface area contributed by atoms with Gasteiger partial charge in [-0.15, -0.1) is 0 Å². The molecular formula is C20H22ClFN2O2S. The van der Waals surface area contributed by atoms with E-state index in [0.717, 1.165) is 31.7 Å². The third-order valence-corrected chi connectivity index (χ3v) is 5.47. The van der Waals surface area contributed by atoms with Gasteiger partial charge in [-0.1, -0.05) is 36.0 Å². The smallest absolute Gasteiger partial charge is 0.171 e. The highest BCUT2D eigenvalue weighted by Crippen LogP contribution is 2.34. The van der Waals surface area contributed by atoms with E-state index in [1.54, 1.807) is 25.3 Å². The average molecular weight is 409 g/mol. The van der Waals surface area contributed by atoms with Crippen molar-refractivity contribution < 1.29 is 13.9 Å². The minimum Gasteiger partial charge on any atom is -0.493 e. The van der Waals surface area contributed by atoms with E-state index in [9.17, 15) is 4.39 Å². The van der Waals surface area contributed by atoms with Gasteiger partial charge in [0.05, 0.1) is 17.7 Å². The van der Waals surface area contributed by atoms with Crippen LogP contribution in [0.25, 0.3) is 0 Å². The minimum absolute atomic E-state index is 0.00969. The van der Waals surface area contributed by atoms with Crippen LogP contribution in [0.5, 0.6) is 11.5 Å². The largest absolute Gasteiger partial charge is 0.493 e. The molecule has 1 heterocycles. The second kappa shape index (κ2) is 8.87. The number of hydrogen-bond acceptors (Lipinski definition) is 4. The van der Waals surface area contributed by atoms with Crippen molar-refractivity contribution in [2.45, 2.75) is 6.61 Å². The van der Waals surface area contributed by atoms with Crippen LogP contribution < -0.4 is 9.47 Å². The zero-order valence-electron chi connectivity index (χ0n) is 15.4. The SMILES string of the molecule is COc1cccc(C(=S)N2CCN(C)CC2)c1OCc1c(F)cccc1Cl. The first-order valence-corrected chi connectivity index (χ1v) is 9.50. The average Bonchev–Trinajstić information content (AvgIpc) is 2.67. The van der Waals surface area contributed by atoms with Gasteiger partial charge in [0.25, 0.3) is 0 Å². The molecule has 0 bridgehead atoms. The van der Waals surface area contributed by atoms with Crippen LogP contribution in [0.2, 0.25) is 5.02 Å². The number of piperazine rings is 1. The molecule has 0 N–H and O–H groups in total. The first kappa shape index (κ1) is 19.9. The Hall–Kier alpha value is -1.89. The number of benzene rings is 2. The Kier molecular flexibility index (Phi) is 6.52. The molecule has 2 aromatic rings. The number of ether oxygens (including phenoxy) is 2. The number of thiocarbonyl (C=S) groups is 1. The van der Waals surface area contributed by atoms with Crippen LogP contribution in [-0.2, 0) is 6.61 Å². The Morgan fingerprint density at radius 1 is 1.15 bits per heavy atom. The molecule has 4 nitrogen and oxygen atoms in total. The van der Waals surface area contributed by atoms with E-state index >= 15 is 0 Å². The van der Waals surface area contributed by atoms with Crippen molar-refractivity contribution in [2.75, 3.05) is 40.3 Å². The third-order valence-electron chi connectivity index (χ3n) is 4.64. The Labute approximate surface area is 169 Å². The van der Waals surface area contributed by atoms with Gasteiger partial charge in [-0.2, -0.15) is 0 Å². The van der Waals surface area contributed by atoms with E-state index in [1.807, 2.05) is 12.1 Å². The van der Waals surface area contributed by atoms with Crippen LogP contribution in [0.4, 0.5) is 4.39 Å².